The molecule has 0 heterocycles. The molecule has 0 aromatic heterocycles. The van der Waals surface area contributed by atoms with Crippen LogP contribution in [0.2, 0.25) is 0 Å². The van der Waals surface area contributed by atoms with Crippen molar-refractivity contribution in [2.75, 3.05) is 0 Å². The van der Waals surface area contributed by atoms with Crippen LogP contribution in [0.3, 0.4) is 0 Å². The van der Waals surface area contributed by atoms with Gasteiger partial charge in [-0.15, -0.1) is 0 Å². The summed E-state index contributed by atoms with van der Waals surface area (Å²) in [5, 5.41) is 9.09. The van der Waals surface area contributed by atoms with Crippen molar-refractivity contribution in [1.29, 1.82) is 0 Å². The maximum Gasteiger partial charge on any atom is 0.417 e. The van der Waals surface area contributed by atoms with E-state index in [9.17, 15) is 27.2 Å². The highest BCUT2D eigenvalue weighted by Crippen LogP contribution is 2.32. The molecule has 116 valence electrons. The van der Waals surface area contributed by atoms with Crippen LogP contribution in [0.1, 0.15) is 23.7 Å². The first-order valence-corrected chi connectivity index (χ1v) is 5.67. The molecule has 1 atom stereocenters. The van der Waals surface area contributed by atoms with Gasteiger partial charge in [-0.05, 0) is 31.2 Å². The number of rotatable bonds is 3. The number of aliphatic hydroxyl groups is 1. The molecule has 21 heavy (non-hydrogen) atoms. The summed E-state index contributed by atoms with van der Waals surface area (Å²) in [7, 11) is 0. The van der Waals surface area contributed by atoms with E-state index in [4.69, 9.17) is 5.11 Å². The van der Waals surface area contributed by atoms with E-state index in [0.29, 0.717) is 6.92 Å². The zero-order valence-corrected chi connectivity index (χ0v) is 10.8. The highest BCUT2D eigenvalue weighted by Gasteiger charge is 2.51. The first-order chi connectivity index (χ1) is 9.53. The van der Waals surface area contributed by atoms with Crippen LogP contribution in [-0.2, 0) is 4.79 Å². The average Bonchev–Trinajstić information content (AvgIpc) is 2.35. The van der Waals surface area contributed by atoms with Crippen LogP contribution in [0, 0.1) is 5.82 Å². The summed E-state index contributed by atoms with van der Waals surface area (Å²) in [6.07, 6.45) is -6.26. The molecule has 5 nitrogen and oxygen atoms in total. The monoisotopic (exact) mass is 308 g/mol. The van der Waals surface area contributed by atoms with Crippen LogP contribution in [-0.4, -0.2) is 28.7 Å². The largest absolute Gasteiger partial charge is 0.417 e. The van der Waals surface area contributed by atoms with Crippen molar-refractivity contribution in [2.45, 2.75) is 25.1 Å². The second-order valence-corrected chi connectivity index (χ2v) is 4.46. The molecule has 0 spiro atoms. The number of carbonyl (C=O) groups is 2. The SMILES string of the molecule is C[C@](O)(CC(=O)NNC(=O)c1ccc(F)cc1)C(F)(F)F. The maximum absolute atomic E-state index is 12.6. The van der Waals surface area contributed by atoms with Crippen molar-refractivity contribution in [3.63, 3.8) is 0 Å². The van der Waals surface area contributed by atoms with Crippen LogP contribution < -0.4 is 10.9 Å². The van der Waals surface area contributed by atoms with E-state index in [1.165, 1.54) is 0 Å². The summed E-state index contributed by atoms with van der Waals surface area (Å²) >= 11 is 0. The van der Waals surface area contributed by atoms with Gasteiger partial charge in [-0.3, -0.25) is 20.4 Å². The molecule has 0 aliphatic heterocycles. The van der Waals surface area contributed by atoms with Crippen molar-refractivity contribution in [3.8, 4) is 0 Å². The lowest BCUT2D eigenvalue weighted by Crippen LogP contribution is -2.49. The fourth-order valence-corrected chi connectivity index (χ4v) is 1.26. The van der Waals surface area contributed by atoms with E-state index < -0.39 is 35.8 Å². The third kappa shape index (κ3) is 4.71. The molecular weight excluding hydrogens is 296 g/mol. The van der Waals surface area contributed by atoms with Crippen LogP contribution in [0.15, 0.2) is 24.3 Å². The van der Waals surface area contributed by atoms with Gasteiger partial charge in [-0.1, -0.05) is 0 Å². The molecule has 0 bridgehead atoms. The van der Waals surface area contributed by atoms with Gasteiger partial charge >= 0.3 is 6.18 Å². The Bertz CT molecular complexity index is 526. The van der Waals surface area contributed by atoms with Crippen LogP contribution >= 0.6 is 0 Å². The van der Waals surface area contributed by atoms with Crippen LogP contribution in [0.25, 0.3) is 0 Å². The average molecular weight is 308 g/mol. The standard InChI is InChI=1S/C12H12F4N2O3/c1-11(21,12(14,15)16)6-9(19)17-18-10(20)7-2-4-8(13)5-3-7/h2-5,21H,6H2,1H3,(H,17,19)(H,18,20)/t11-/m0/s1. The lowest BCUT2D eigenvalue weighted by Gasteiger charge is -2.25. The van der Waals surface area contributed by atoms with Gasteiger partial charge in [0.1, 0.15) is 5.82 Å². The van der Waals surface area contributed by atoms with Crippen molar-refractivity contribution < 1.29 is 32.3 Å². The molecule has 0 saturated carbocycles. The molecule has 1 rings (SSSR count). The van der Waals surface area contributed by atoms with Crippen LogP contribution in [0.4, 0.5) is 17.6 Å². The maximum atomic E-state index is 12.6. The Morgan fingerprint density at radius 1 is 1.14 bits per heavy atom. The Labute approximate surface area is 116 Å². The molecule has 9 heteroatoms. The summed E-state index contributed by atoms with van der Waals surface area (Å²) in [6.45, 7) is 0.439. The summed E-state index contributed by atoms with van der Waals surface area (Å²) < 4.78 is 49.7. The van der Waals surface area contributed by atoms with Gasteiger partial charge in [-0.25, -0.2) is 4.39 Å². The Morgan fingerprint density at radius 2 is 1.67 bits per heavy atom. The minimum absolute atomic E-state index is 0.000665. The van der Waals surface area contributed by atoms with Crippen molar-refractivity contribution in [1.82, 2.24) is 10.9 Å². The highest BCUT2D eigenvalue weighted by atomic mass is 19.4. The van der Waals surface area contributed by atoms with Crippen molar-refractivity contribution >= 4 is 11.8 Å². The lowest BCUT2D eigenvalue weighted by atomic mass is 10.0. The Kier molecular flexibility index (Phi) is 4.89. The van der Waals surface area contributed by atoms with E-state index in [0.717, 1.165) is 24.3 Å². The Balaban J connectivity index is 2.54. The summed E-state index contributed by atoms with van der Waals surface area (Å²) in [5.41, 5.74) is 0.373. The molecule has 3 N–H and O–H groups in total. The van der Waals surface area contributed by atoms with Gasteiger partial charge in [0, 0.05) is 5.56 Å². The van der Waals surface area contributed by atoms with E-state index in [1.807, 2.05) is 5.43 Å². The molecule has 0 saturated heterocycles. The number of amides is 2. The van der Waals surface area contributed by atoms with Gasteiger partial charge < -0.3 is 5.11 Å². The van der Waals surface area contributed by atoms with Crippen LogP contribution in [0.5, 0.6) is 0 Å². The number of alkyl halides is 3. The molecule has 0 aliphatic carbocycles. The summed E-state index contributed by atoms with van der Waals surface area (Å²) in [4.78, 5) is 22.7. The smallest absolute Gasteiger partial charge is 0.380 e. The van der Waals surface area contributed by atoms with Gasteiger partial charge in [0.25, 0.3) is 5.91 Å². The predicted octanol–water partition coefficient (Wildman–Crippen LogP) is 1.29. The fourth-order valence-electron chi connectivity index (χ4n) is 1.26. The molecule has 0 aliphatic rings. The van der Waals surface area contributed by atoms with Gasteiger partial charge in [-0.2, -0.15) is 13.2 Å². The van der Waals surface area contributed by atoms with E-state index in [2.05, 4.69) is 0 Å². The second kappa shape index (κ2) is 6.08. The topological polar surface area (TPSA) is 78.4 Å². The normalized spacial score (nSPS) is 14.2. The number of hydrogen-bond acceptors (Lipinski definition) is 3. The third-order valence-corrected chi connectivity index (χ3v) is 2.54. The number of hydrazine groups is 1. The molecule has 0 unspecified atom stereocenters. The predicted molar refractivity (Wildman–Crippen MR) is 63.3 cm³/mol. The minimum atomic E-state index is -4.98. The first kappa shape index (κ1) is 16.9. The zero-order chi connectivity index (χ0) is 16.3. The number of carbonyl (C=O) groups excluding carboxylic acids is 2. The van der Waals surface area contributed by atoms with E-state index >= 15 is 0 Å². The summed E-state index contributed by atoms with van der Waals surface area (Å²) in [6, 6.07) is 4.27. The van der Waals surface area contributed by atoms with E-state index in [-0.39, 0.29) is 5.56 Å². The van der Waals surface area contributed by atoms with Crippen molar-refractivity contribution in [2.24, 2.45) is 0 Å². The number of nitrogens with one attached hydrogen (secondary N) is 2. The van der Waals surface area contributed by atoms with Gasteiger partial charge in [0.15, 0.2) is 5.60 Å². The van der Waals surface area contributed by atoms with E-state index in [1.54, 1.807) is 5.43 Å². The second-order valence-electron chi connectivity index (χ2n) is 4.46. The molecule has 0 radical (unpaired) electrons. The minimum Gasteiger partial charge on any atom is -0.380 e. The van der Waals surface area contributed by atoms with Gasteiger partial charge in [0.2, 0.25) is 5.91 Å². The number of benzene rings is 1. The molecule has 1 aromatic rings. The Hall–Kier alpha value is -2.16. The third-order valence-electron chi connectivity index (χ3n) is 2.54. The Morgan fingerprint density at radius 3 is 2.14 bits per heavy atom. The number of halogens is 4. The highest BCUT2D eigenvalue weighted by molar-refractivity contribution is 5.95. The first-order valence-electron chi connectivity index (χ1n) is 5.67. The summed E-state index contributed by atoms with van der Waals surface area (Å²) in [5.74, 6) is -2.64. The lowest BCUT2D eigenvalue weighted by molar-refractivity contribution is -0.253. The molecule has 2 amide bonds. The fraction of sp³-hybridized carbons (Fsp3) is 0.333. The zero-order valence-electron chi connectivity index (χ0n) is 10.8. The van der Waals surface area contributed by atoms with Crippen molar-refractivity contribution in [3.05, 3.63) is 35.6 Å². The quantitative estimate of drug-likeness (QED) is 0.581. The molecule has 0 fully saturated rings. The molecule has 1 aromatic carbocycles. The molecular formula is C12H12F4N2O3. The number of hydrogen-bond donors (Lipinski definition) is 3. The van der Waals surface area contributed by atoms with Gasteiger partial charge in [0.05, 0.1) is 6.42 Å².